The molecule has 0 saturated heterocycles. The second-order valence-electron chi connectivity index (χ2n) is 4.09. The van der Waals surface area contributed by atoms with Crippen LogP contribution in [0.4, 0.5) is 10.1 Å². The van der Waals surface area contributed by atoms with E-state index in [1.165, 1.54) is 25.4 Å². The monoisotopic (exact) mass is 296 g/mol. The number of methoxy groups -OCH3 is 1. The Hall–Kier alpha value is -2.15. The molecule has 1 aromatic heterocycles. The van der Waals surface area contributed by atoms with Gasteiger partial charge in [-0.05, 0) is 37.3 Å². The van der Waals surface area contributed by atoms with Crippen LogP contribution in [-0.4, -0.2) is 20.5 Å². The molecule has 7 heteroatoms. The van der Waals surface area contributed by atoms with Crippen molar-refractivity contribution < 1.29 is 17.5 Å². The summed E-state index contributed by atoms with van der Waals surface area (Å²) in [5.74, 6) is -0.582. The van der Waals surface area contributed by atoms with E-state index in [1.807, 2.05) is 0 Å². The van der Waals surface area contributed by atoms with Crippen LogP contribution in [-0.2, 0) is 10.0 Å². The number of pyridine rings is 1. The first-order chi connectivity index (χ1) is 9.42. The molecule has 0 unspecified atom stereocenters. The highest BCUT2D eigenvalue weighted by Gasteiger charge is 2.20. The molecule has 1 heterocycles. The Morgan fingerprint density at radius 3 is 2.65 bits per heavy atom. The van der Waals surface area contributed by atoms with E-state index >= 15 is 0 Å². The molecule has 0 atom stereocenters. The Kier molecular flexibility index (Phi) is 3.89. The summed E-state index contributed by atoms with van der Waals surface area (Å²) >= 11 is 0. The quantitative estimate of drug-likeness (QED) is 0.940. The van der Waals surface area contributed by atoms with Gasteiger partial charge in [-0.1, -0.05) is 0 Å². The number of ether oxygens (including phenoxy) is 1. The zero-order valence-electron chi connectivity index (χ0n) is 10.9. The lowest BCUT2D eigenvalue weighted by Gasteiger charge is -2.11. The van der Waals surface area contributed by atoms with Gasteiger partial charge in [-0.25, -0.2) is 12.8 Å². The first-order valence-electron chi connectivity index (χ1n) is 5.71. The van der Waals surface area contributed by atoms with E-state index in [0.29, 0.717) is 11.4 Å². The molecule has 0 fully saturated rings. The van der Waals surface area contributed by atoms with E-state index in [-0.39, 0.29) is 10.6 Å². The van der Waals surface area contributed by atoms with E-state index in [2.05, 4.69) is 9.71 Å². The van der Waals surface area contributed by atoms with Crippen molar-refractivity contribution in [2.45, 2.75) is 11.8 Å². The van der Waals surface area contributed by atoms with Crippen molar-refractivity contribution in [3.8, 4) is 5.75 Å². The number of nitrogens with zero attached hydrogens (tertiary/aromatic N) is 1. The number of hydrogen-bond acceptors (Lipinski definition) is 4. The lowest BCUT2D eigenvalue weighted by atomic mass is 10.3. The van der Waals surface area contributed by atoms with Crippen LogP contribution >= 0.6 is 0 Å². The Morgan fingerprint density at radius 1 is 1.25 bits per heavy atom. The highest BCUT2D eigenvalue weighted by atomic mass is 32.2. The average Bonchev–Trinajstić information content (AvgIpc) is 2.38. The average molecular weight is 296 g/mol. The van der Waals surface area contributed by atoms with Crippen molar-refractivity contribution in [3.05, 3.63) is 48.0 Å². The fourth-order valence-corrected chi connectivity index (χ4v) is 2.91. The Morgan fingerprint density at radius 2 is 2.00 bits per heavy atom. The number of nitrogens with one attached hydrogen (secondary N) is 1. The molecule has 106 valence electrons. The zero-order chi connectivity index (χ0) is 14.8. The van der Waals surface area contributed by atoms with Gasteiger partial charge in [0.15, 0.2) is 0 Å². The molecule has 1 aromatic carbocycles. The minimum absolute atomic E-state index is 0.0738. The predicted molar refractivity (Wildman–Crippen MR) is 72.7 cm³/mol. The van der Waals surface area contributed by atoms with Crippen molar-refractivity contribution in [1.82, 2.24) is 4.98 Å². The number of rotatable bonds is 4. The highest BCUT2D eigenvalue weighted by Crippen LogP contribution is 2.26. The summed E-state index contributed by atoms with van der Waals surface area (Å²) in [6.45, 7) is 1.74. The topological polar surface area (TPSA) is 68.3 Å². The van der Waals surface area contributed by atoms with Crippen LogP contribution in [0.3, 0.4) is 0 Å². The standard InChI is InChI=1S/C13H13FN2O3S/c1-9-7-11(5-6-15-9)16-20(17,18)13-8-10(14)3-4-12(13)19-2/h3-8H,1-2H3,(H,15,16). The van der Waals surface area contributed by atoms with Crippen molar-refractivity contribution in [2.24, 2.45) is 0 Å². The summed E-state index contributed by atoms with van der Waals surface area (Å²) in [6, 6.07) is 6.39. The number of hydrogen-bond donors (Lipinski definition) is 1. The van der Waals surface area contributed by atoms with Gasteiger partial charge in [0, 0.05) is 11.9 Å². The molecular weight excluding hydrogens is 283 g/mol. The van der Waals surface area contributed by atoms with Crippen molar-refractivity contribution in [2.75, 3.05) is 11.8 Å². The number of aromatic nitrogens is 1. The van der Waals surface area contributed by atoms with Crippen LogP contribution in [0.5, 0.6) is 5.75 Å². The number of anilines is 1. The van der Waals surface area contributed by atoms with E-state index in [0.717, 1.165) is 12.1 Å². The molecule has 0 aliphatic heterocycles. The molecule has 2 rings (SSSR count). The Balaban J connectivity index is 2.43. The largest absolute Gasteiger partial charge is 0.495 e. The maximum absolute atomic E-state index is 13.3. The van der Waals surface area contributed by atoms with Gasteiger partial charge in [-0.2, -0.15) is 0 Å². The number of benzene rings is 1. The third-order valence-corrected chi connectivity index (χ3v) is 3.97. The van der Waals surface area contributed by atoms with Crippen molar-refractivity contribution >= 4 is 15.7 Å². The SMILES string of the molecule is COc1ccc(F)cc1S(=O)(=O)Nc1ccnc(C)c1. The minimum Gasteiger partial charge on any atom is -0.495 e. The fourth-order valence-electron chi connectivity index (χ4n) is 1.68. The van der Waals surface area contributed by atoms with Gasteiger partial charge in [0.1, 0.15) is 16.5 Å². The molecule has 0 bridgehead atoms. The smallest absolute Gasteiger partial charge is 0.265 e. The second-order valence-corrected chi connectivity index (χ2v) is 5.74. The van der Waals surface area contributed by atoms with Crippen LogP contribution in [0.1, 0.15) is 5.69 Å². The predicted octanol–water partition coefficient (Wildman–Crippen LogP) is 2.34. The summed E-state index contributed by atoms with van der Waals surface area (Å²) in [5.41, 5.74) is 1.01. The molecule has 0 saturated carbocycles. The summed E-state index contributed by atoms with van der Waals surface area (Å²) in [7, 11) is -2.62. The maximum Gasteiger partial charge on any atom is 0.265 e. The highest BCUT2D eigenvalue weighted by molar-refractivity contribution is 7.92. The van der Waals surface area contributed by atoms with Crippen molar-refractivity contribution in [1.29, 1.82) is 0 Å². The molecule has 0 spiro atoms. The molecule has 1 N–H and O–H groups in total. The van der Waals surface area contributed by atoms with E-state index in [1.54, 1.807) is 13.0 Å². The normalized spacial score (nSPS) is 11.2. The summed E-state index contributed by atoms with van der Waals surface area (Å²) < 4.78 is 45.1. The molecule has 0 aliphatic rings. The fraction of sp³-hybridized carbons (Fsp3) is 0.154. The van der Waals surface area contributed by atoms with Crippen LogP contribution in [0.15, 0.2) is 41.4 Å². The zero-order valence-corrected chi connectivity index (χ0v) is 11.7. The van der Waals surface area contributed by atoms with Crippen molar-refractivity contribution in [3.63, 3.8) is 0 Å². The van der Waals surface area contributed by atoms with Crippen LogP contribution in [0.2, 0.25) is 0 Å². The van der Waals surface area contributed by atoms with Gasteiger partial charge in [0.2, 0.25) is 0 Å². The van der Waals surface area contributed by atoms with Gasteiger partial charge in [-0.15, -0.1) is 0 Å². The van der Waals surface area contributed by atoms with Crippen LogP contribution in [0.25, 0.3) is 0 Å². The van der Waals surface area contributed by atoms with Crippen LogP contribution < -0.4 is 9.46 Å². The van der Waals surface area contributed by atoms with E-state index < -0.39 is 15.8 Å². The van der Waals surface area contributed by atoms with Gasteiger partial charge < -0.3 is 4.74 Å². The second kappa shape index (κ2) is 5.46. The maximum atomic E-state index is 13.3. The van der Waals surface area contributed by atoms with E-state index in [4.69, 9.17) is 4.74 Å². The number of sulfonamides is 1. The molecule has 0 aliphatic carbocycles. The third-order valence-electron chi connectivity index (χ3n) is 2.56. The molecule has 2 aromatic rings. The summed E-state index contributed by atoms with van der Waals surface area (Å²) in [6.07, 6.45) is 1.48. The van der Waals surface area contributed by atoms with Gasteiger partial charge in [0.25, 0.3) is 10.0 Å². The van der Waals surface area contributed by atoms with Crippen LogP contribution in [0, 0.1) is 12.7 Å². The molecular formula is C13H13FN2O3S. The van der Waals surface area contributed by atoms with Gasteiger partial charge in [0.05, 0.1) is 12.8 Å². The number of halogens is 1. The Labute approximate surface area is 116 Å². The van der Waals surface area contributed by atoms with E-state index in [9.17, 15) is 12.8 Å². The van der Waals surface area contributed by atoms with Gasteiger partial charge in [-0.3, -0.25) is 9.71 Å². The summed E-state index contributed by atoms with van der Waals surface area (Å²) in [5, 5.41) is 0. The lowest BCUT2D eigenvalue weighted by Crippen LogP contribution is -2.14. The summed E-state index contributed by atoms with van der Waals surface area (Å²) in [4.78, 5) is 3.72. The Bertz CT molecular complexity index is 732. The minimum atomic E-state index is -3.94. The lowest BCUT2D eigenvalue weighted by molar-refractivity contribution is 0.401. The molecule has 0 radical (unpaired) electrons. The van der Waals surface area contributed by atoms with Gasteiger partial charge >= 0.3 is 0 Å². The molecule has 20 heavy (non-hydrogen) atoms. The number of aryl methyl sites for hydroxylation is 1. The first kappa shape index (κ1) is 14.3. The molecule has 5 nitrogen and oxygen atoms in total. The molecule has 0 amide bonds. The first-order valence-corrected chi connectivity index (χ1v) is 7.20. The third kappa shape index (κ3) is 3.05.